The molecule has 0 saturated carbocycles. The molecule has 7 heteroatoms. The zero-order valence-corrected chi connectivity index (χ0v) is 12.3. The molecule has 0 atom stereocenters. The molecule has 1 aliphatic rings. The van der Waals surface area contributed by atoms with E-state index in [9.17, 15) is 14.7 Å². The van der Waals surface area contributed by atoms with Gasteiger partial charge in [-0.25, -0.2) is 9.59 Å². The Balaban J connectivity index is 2.77. The van der Waals surface area contributed by atoms with Crippen molar-refractivity contribution in [3.63, 3.8) is 0 Å². The van der Waals surface area contributed by atoms with E-state index in [0.29, 0.717) is 0 Å². The number of amides is 1. The van der Waals surface area contributed by atoms with Crippen molar-refractivity contribution in [1.82, 2.24) is 4.90 Å². The van der Waals surface area contributed by atoms with Crippen molar-refractivity contribution in [2.45, 2.75) is 33.3 Å². The van der Waals surface area contributed by atoms with E-state index in [4.69, 9.17) is 14.2 Å². The Morgan fingerprint density at radius 1 is 1.40 bits per heavy atom. The van der Waals surface area contributed by atoms with E-state index >= 15 is 0 Å². The molecular weight excluding hydrogens is 266 g/mol. The minimum atomic E-state index is -0.740. The predicted molar refractivity (Wildman–Crippen MR) is 70.0 cm³/mol. The molecule has 7 nitrogen and oxygen atoms in total. The highest BCUT2D eigenvalue weighted by Crippen LogP contribution is 2.16. The van der Waals surface area contributed by atoms with Gasteiger partial charge in [-0.1, -0.05) is 0 Å². The first-order valence-corrected chi connectivity index (χ1v) is 6.44. The van der Waals surface area contributed by atoms with Crippen LogP contribution in [0.4, 0.5) is 4.79 Å². The van der Waals surface area contributed by atoms with E-state index in [2.05, 4.69) is 0 Å². The largest absolute Gasteiger partial charge is 0.506 e. The van der Waals surface area contributed by atoms with Crippen LogP contribution < -0.4 is 0 Å². The van der Waals surface area contributed by atoms with Gasteiger partial charge in [0.25, 0.3) is 0 Å². The summed E-state index contributed by atoms with van der Waals surface area (Å²) in [7, 11) is 0. The van der Waals surface area contributed by atoms with Gasteiger partial charge in [0.05, 0.1) is 19.7 Å². The molecule has 0 fully saturated rings. The van der Waals surface area contributed by atoms with Gasteiger partial charge in [-0.05, 0) is 27.7 Å². The maximum atomic E-state index is 11.9. The van der Waals surface area contributed by atoms with Crippen LogP contribution in [0.25, 0.3) is 0 Å². The number of aliphatic hydroxyl groups is 1. The molecule has 0 spiro atoms. The fourth-order valence-corrected chi connectivity index (χ4v) is 1.53. The van der Waals surface area contributed by atoms with Gasteiger partial charge < -0.3 is 19.3 Å². The molecule has 20 heavy (non-hydrogen) atoms. The summed E-state index contributed by atoms with van der Waals surface area (Å²) in [5.74, 6) is -1.33. The van der Waals surface area contributed by atoms with Crippen LogP contribution in [0.5, 0.6) is 0 Å². The van der Waals surface area contributed by atoms with E-state index in [-0.39, 0.29) is 37.8 Å². The number of rotatable bonds is 2. The Labute approximate surface area is 118 Å². The first-order chi connectivity index (χ1) is 9.24. The second-order valence-corrected chi connectivity index (χ2v) is 5.25. The molecule has 0 aromatic heterocycles. The van der Waals surface area contributed by atoms with Gasteiger partial charge in [0.15, 0.2) is 5.76 Å². The molecule has 0 aromatic rings. The van der Waals surface area contributed by atoms with Crippen LogP contribution in [-0.2, 0) is 19.0 Å². The minimum Gasteiger partial charge on any atom is -0.506 e. The quantitative estimate of drug-likeness (QED) is 0.776. The van der Waals surface area contributed by atoms with Crippen LogP contribution in [0.3, 0.4) is 0 Å². The van der Waals surface area contributed by atoms with Crippen LogP contribution >= 0.6 is 0 Å². The topological polar surface area (TPSA) is 85.3 Å². The molecule has 1 aliphatic heterocycles. The standard InChI is InChI=1S/C13H21NO6/c1-5-18-11(16)10-9(15)8-14(6-7-19-10)12(17)20-13(2,3)4/h15H,5-8H2,1-4H3. The number of hydrogen-bond donors (Lipinski definition) is 1. The highest BCUT2D eigenvalue weighted by molar-refractivity contribution is 5.87. The van der Waals surface area contributed by atoms with Crippen molar-refractivity contribution in [1.29, 1.82) is 0 Å². The molecule has 0 aromatic carbocycles. The van der Waals surface area contributed by atoms with Gasteiger partial charge in [0.1, 0.15) is 12.2 Å². The summed E-state index contributed by atoms with van der Waals surface area (Å²) in [6.07, 6.45) is -0.572. The number of hydrogen-bond acceptors (Lipinski definition) is 6. The van der Waals surface area contributed by atoms with Gasteiger partial charge in [-0.2, -0.15) is 0 Å². The summed E-state index contributed by atoms with van der Waals surface area (Å²) in [5.41, 5.74) is -0.631. The Hall–Kier alpha value is -1.92. The van der Waals surface area contributed by atoms with E-state index in [1.54, 1.807) is 27.7 Å². The molecule has 1 amide bonds. The zero-order valence-electron chi connectivity index (χ0n) is 12.3. The zero-order chi connectivity index (χ0) is 15.3. The Morgan fingerprint density at radius 2 is 2.05 bits per heavy atom. The van der Waals surface area contributed by atoms with Crippen molar-refractivity contribution >= 4 is 12.1 Å². The number of aliphatic hydroxyl groups excluding tert-OH is 1. The van der Waals surface area contributed by atoms with E-state index in [1.807, 2.05) is 0 Å². The molecule has 0 unspecified atom stereocenters. The smallest absolute Gasteiger partial charge is 0.410 e. The van der Waals surface area contributed by atoms with E-state index in [1.165, 1.54) is 4.90 Å². The maximum absolute atomic E-state index is 11.9. The van der Waals surface area contributed by atoms with E-state index < -0.39 is 17.7 Å². The third-order valence-corrected chi connectivity index (χ3v) is 2.32. The SMILES string of the molecule is CCOC(=O)C1=C(O)CN(C(=O)OC(C)(C)C)CCO1. The highest BCUT2D eigenvalue weighted by Gasteiger charge is 2.29. The molecule has 1 heterocycles. The lowest BCUT2D eigenvalue weighted by Gasteiger charge is -2.25. The highest BCUT2D eigenvalue weighted by atomic mass is 16.6. The number of nitrogens with zero attached hydrogens (tertiary/aromatic N) is 1. The van der Waals surface area contributed by atoms with Gasteiger partial charge in [0.2, 0.25) is 5.76 Å². The first kappa shape index (κ1) is 16.1. The molecule has 114 valence electrons. The van der Waals surface area contributed by atoms with Crippen LogP contribution in [0.15, 0.2) is 11.5 Å². The summed E-state index contributed by atoms with van der Waals surface area (Å²) in [6.45, 7) is 7.22. The molecular formula is C13H21NO6. The minimum absolute atomic E-state index is 0.0808. The normalized spacial score (nSPS) is 16.3. The van der Waals surface area contributed by atoms with Gasteiger partial charge >= 0.3 is 12.1 Å². The Kier molecular flexibility index (Phi) is 5.24. The van der Waals surface area contributed by atoms with Gasteiger partial charge in [0, 0.05) is 0 Å². The third kappa shape index (κ3) is 4.64. The van der Waals surface area contributed by atoms with Crippen molar-refractivity contribution in [3.8, 4) is 0 Å². The van der Waals surface area contributed by atoms with Crippen molar-refractivity contribution in [3.05, 3.63) is 11.5 Å². The molecule has 1 N–H and O–H groups in total. The lowest BCUT2D eigenvalue weighted by atomic mass is 10.2. The number of carbonyl (C=O) groups is 2. The van der Waals surface area contributed by atoms with Crippen LogP contribution in [-0.4, -0.2) is 54.0 Å². The fraction of sp³-hybridized carbons (Fsp3) is 0.692. The third-order valence-electron chi connectivity index (χ3n) is 2.32. The Morgan fingerprint density at radius 3 is 2.60 bits per heavy atom. The molecule has 0 radical (unpaired) electrons. The number of esters is 1. The van der Waals surface area contributed by atoms with Gasteiger partial charge in [-0.3, -0.25) is 4.90 Å². The molecule has 1 rings (SSSR count). The summed E-state index contributed by atoms with van der Waals surface area (Å²) >= 11 is 0. The lowest BCUT2D eigenvalue weighted by Crippen LogP contribution is -2.38. The molecule has 0 bridgehead atoms. The van der Waals surface area contributed by atoms with Crippen LogP contribution in [0.2, 0.25) is 0 Å². The van der Waals surface area contributed by atoms with Crippen LogP contribution in [0.1, 0.15) is 27.7 Å². The monoisotopic (exact) mass is 287 g/mol. The summed E-state index contributed by atoms with van der Waals surface area (Å²) in [6, 6.07) is 0. The average molecular weight is 287 g/mol. The lowest BCUT2D eigenvalue weighted by molar-refractivity contribution is -0.142. The number of ether oxygens (including phenoxy) is 3. The summed E-state index contributed by atoms with van der Waals surface area (Å²) in [4.78, 5) is 24.8. The summed E-state index contributed by atoms with van der Waals surface area (Å²) < 4.78 is 15.1. The molecule has 0 saturated heterocycles. The first-order valence-electron chi connectivity index (χ1n) is 6.44. The van der Waals surface area contributed by atoms with Gasteiger partial charge in [-0.15, -0.1) is 0 Å². The Bertz CT molecular complexity index is 410. The van der Waals surface area contributed by atoms with Crippen molar-refractivity contribution < 1.29 is 28.9 Å². The van der Waals surface area contributed by atoms with E-state index in [0.717, 1.165) is 0 Å². The van der Waals surface area contributed by atoms with Crippen LogP contribution in [0, 0.1) is 0 Å². The fourth-order valence-electron chi connectivity index (χ4n) is 1.53. The maximum Gasteiger partial charge on any atom is 0.410 e. The second-order valence-electron chi connectivity index (χ2n) is 5.25. The summed E-state index contributed by atoms with van der Waals surface area (Å²) in [5, 5.41) is 9.87. The average Bonchev–Trinajstić information content (AvgIpc) is 2.49. The van der Waals surface area contributed by atoms with Crippen molar-refractivity contribution in [2.24, 2.45) is 0 Å². The van der Waals surface area contributed by atoms with Crippen molar-refractivity contribution in [2.75, 3.05) is 26.3 Å². The number of carbonyl (C=O) groups excluding carboxylic acids is 2. The molecule has 0 aliphatic carbocycles. The predicted octanol–water partition coefficient (Wildman–Crippen LogP) is 1.59. The second kappa shape index (κ2) is 6.49.